The number of hydrogen-bond acceptors (Lipinski definition) is 4. The second-order valence-corrected chi connectivity index (χ2v) is 6.35. The molecule has 0 spiro atoms. The van der Waals surface area contributed by atoms with Gasteiger partial charge in [-0.25, -0.2) is 0 Å². The zero-order valence-electron chi connectivity index (χ0n) is 14.3. The molecule has 1 aromatic heterocycles. The van der Waals surface area contributed by atoms with Crippen molar-refractivity contribution in [3.05, 3.63) is 83.2 Å². The number of aromatic nitrogens is 2. The van der Waals surface area contributed by atoms with Crippen molar-refractivity contribution in [2.45, 2.75) is 18.8 Å². The largest absolute Gasteiger partial charge is 0.420 e. The maximum Gasteiger partial charge on any atom is 0.244 e. The van der Waals surface area contributed by atoms with E-state index in [0.29, 0.717) is 11.5 Å². The van der Waals surface area contributed by atoms with Crippen LogP contribution in [0, 0.1) is 11.3 Å². The third kappa shape index (κ3) is 2.52. The molecule has 0 amide bonds. The molecule has 3 aromatic rings. The summed E-state index contributed by atoms with van der Waals surface area (Å²) in [6.07, 6.45) is 0. The summed E-state index contributed by atoms with van der Waals surface area (Å²) in [7, 11) is 0. The Morgan fingerprint density at radius 2 is 1.77 bits per heavy atom. The average Bonchev–Trinajstić information content (AvgIpc) is 3.11. The quantitative estimate of drug-likeness (QED) is 0.751. The van der Waals surface area contributed by atoms with E-state index in [4.69, 9.17) is 10.5 Å². The Hall–Kier alpha value is -3.52. The predicted molar refractivity (Wildman–Crippen MR) is 99.1 cm³/mol. The number of nitrogens with two attached hydrogens (primary N) is 1. The second-order valence-electron chi connectivity index (χ2n) is 6.35. The lowest BCUT2D eigenvalue weighted by atomic mass is 9.76. The number of nitriles is 1. The van der Waals surface area contributed by atoms with E-state index in [1.807, 2.05) is 48.5 Å². The van der Waals surface area contributed by atoms with Crippen LogP contribution in [0.15, 0.2) is 72.1 Å². The van der Waals surface area contributed by atoms with E-state index >= 15 is 0 Å². The van der Waals surface area contributed by atoms with Crippen LogP contribution in [-0.4, -0.2) is 10.2 Å². The summed E-state index contributed by atoms with van der Waals surface area (Å²) in [4.78, 5) is 0. The molecule has 1 aliphatic rings. The fourth-order valence-electron chi connectivity index (χ4n) is 3.56. The van der Waals surface area contributed by atoms with Crippen molar-refractivity contribution in [3.8, 4) is 23.2 Å². The summed E-state index contributed by atoms with van der Waals surface area (Å²) < 4.78 is 5.65. The minimum absolute atomic E-state index is 0.0344. The first-order chi connectivity index (χ1) is 12.7. The standard InChI is InChI=1S/C21H18N4O/c1-13(14-8-4-2-5-9-14)17-16(12-22)20(23)26-21-18(17)19(24-25-21)15-10-6-3-7-11-15/h2-11,13,17H,23H2,1H3,(H,24,25)/t13-,17-/m1/s1. The van der Waals surface area contributed by atoms with E-state index in [2.05, 4.69) is 35.3 Å². The first kappa shape index (κ1) is 16.0. The van der Waals surface area contributed by atoms with Gasteiger partial charge in [-0.2, -0.15) is 5.26 Å². The summed E-state index contributed by atoms with van der Waals surface area (Å²) in [5.74, 6) is 0.360. The molecule has 0 radical (unpaired) electrons. The highest BCUT2D eigenvalue weighted by molar-refractivity contribution is 5.69. The molecule has 3 N–H and O–H groups in total. The maximum absolute atomic E-state index is 9.75. The molecule has 26 heavy (non-hydrogen) atoms. The predicted octanol–water partition coefficient (Wildman–Crippen LogP) is 4.05. The third-order valence-corrected chi connectivity index (χ3v) is 4.87. The van der Waals surface area contributed by atoms with Crippen LogP contribution in [0.25, 0.3) is 11.3 Å². The normalized spacial score (nSPS) is 17.2. The molecule has 2 aromatic carbocycles. The van der Waals surface area contributed by atoms with Gasteiger partial charge in [0.25, 0.3) is 0 Å². The molecule has 4 rings (SSSR count). The van der Waals surface area contributed by atoms with Gasteiger partial charge in [0.2, 0.25) is 11.8 Å². The van der Waals surface area contributed by atoms with Crippen LogP contribution in [0.2, 0.25) is 0 Å². The van der Waals surface area contributed by atoms with Gasteiger partial charge in [0.1, 0.15) is 6.07 Å². The van der Waals surface area contributed by atoms with Crippen molar-refractivity contribution in [2.24, 2.45) is 5.73 Å². The van der Waals surface area contributed by atoms with Gasteiger partial charge in [-0.15, -0.1) is 5.10 Å². The fourth-order valence-corrected chi connectivity index (χ4v) is 3.56. The number of benzene rings is 2. The van der Waals surface area contributed by atoms with E-state index in [0.717, 1.165) is 22.4 Å². The van der Waals surface area contributed by atoms with E-state index in [-0.39, 0.29) is 17.7 Å². The first-order valence-corrected chi connectivity index (χ1v) is 8.47. The summed E-state index contributed by atoms with van der Waals surface area (Å²) >= 11 is 0. The smallest absolute Gasteiger partial charge is 0.244 e. The molecule has 128 valence electrons. The summed E-state index contributed by atoms with van der Waals surface area (Å²) in [6.45, 7) is 2.10. The van der Waals surface area contributed by atoms with Crippen LogP contribution in [0.4, 0.5) is 0 Å². The molecule has 0 saturated heterocycles. The highest BCUT2D eigenvalue weighted by Crippen LogP contribution is 2.48. The Morgan fingerprint density at radius 1 is 1.12 bits per heavy atom. The Labute approximate surface area is 151 Å². The van der Waals surface area contributed by atoms with E-state index in [1.54, 1.807) is 0 Å². The van der Waals surface area contributed by atoms with Crippen molar-refractivity contribution < 1.29 is 4.74 Å². The molecule has 5 heteroatoms. The van der Waals surface area contributed by atoms with Crippen LogP contribution >= 0.6 is 0 Å². The number of fused-ring (bicyclic) bond motifs is 1. The average molecular weight is 342 g/mol. The first-order valence-electron chi connectivity index (χ1n) is 8.47. The lowest BCUT2D eigenvalue weighted by Crippen LogP contribution is -2.23. The topological polar surface area (TPSA) is 87.7 Å². The molecule has 0 unspecified atom stereocenters. The van der Waals surface area contributed by atoms with Gasteiger partial charge in [-0.1, -0.05) is 67.6 Å². The molecule has 0 fully saturated rings. The zero-order chi connectivity index (χ0) is 18.1. The summed E-state index contributed by atoms with van der Waals surface area (Å²) in [6, 6.07) is 22.3. The zero-order valence-corrected chi connectivity index (χ0v) is 14.3. The Morgan fingerprint density at radius 3 is 2.42 bits per heavy atom. The number of hydrogen-bond donors (Lipinski definition) is 2. The molecular weight excluding hydrogens is 324 g/mol. The third-order valence-electron chi connectivity index (χ3n) is 4.87. The Bertz CT molecular complexity index is 999. The van der Waals surface area contributed by atoms with Gasteiger partial charge < -0.3 is 10.5 Å². The number of nitrogens with zero attached hydrogens (tertiary/aromatic N) is 2. The van der Waals surface area contributed by atoms with Gasteiger partial charge in [0.05, 0.1) is 16.8 Å². The summed E-state index contributed by atoms with van der Waals surface area (Å²) in [5.41, 5.74) is 10.3. The minimum atomic E-state index is -0.236. The van der Waals surface area contributed by atoms with Crippen LogP contribution in [-0.2, 0) is 0 Å². The van der Waals surface area contributed by atoms with Gasteiger partial charge >= 0.3 is 0 Å². The molecule has 1 aliphatic heterocycles. The number of ether oxygens (including phenoxy) is 1. The molecule has 0 saturated carbocycles. The van der Waals surface area contributed by atoms with Gasteiger partial charge in [-0.3, -0.25) is 5.10 Å². The monoisotopic (exact) mass is 342 g/mol. The molecule has 5 nitrogen and oxygen atoms in total. The van der Waals surface area contributed by atoms with Crippen molar-refractivity contribution in [1.29, 1.82) is 5.26 Å². The fraction of sp³-hybridized carbons (Fsp3) is 0.143. The van der Waals surface area contributed by atoms with Crippen molar-refractivity contribution >= 4 is 0 Å². The number of allylic oxidation sites excluding steroid dienone is 1. The van der Waals surface area contributed by atoms with Gasteiger partial charge in [0, 0.05) is 5.92 Å². The van der Waals surface area contributed by atoms with E-state index in [9.17, 15) is 5.26 Å². The van der Waals surface area contributed by atoms with Gasteiger partial charge in [-0.05, 0) is 17.0 Å². The van der Waals surface area contributed by atoms with Crippen molar-refractivity contribution in [2.75, 3.05) is 0 Å². The van der Waals surface area contributed by atoms with Crippen LogP contribution in [0.1, 0.15) is 29.9 Å². The highest BCUT2D eigenvalue weighted by atomic mass is 16.5. The molecule has 0 aliphatic carbocycles. The summed E-state index contributed by atoms with van der Waals surface area (Å²) in [5, 5.41) is 17.1. The Kier molecular flexibility index (Phi) is 3.94. The lowest BCUT2D eigenvalue weighted by molar-refractivity contribution is 0.368. The molecule has 2 heterocycles. The van der Waals surface area contributed by atoms with E-state index < -0.39 is 0 Å². The molecular formula is C21H18N4O. The Balaban J connectivity index is 1.90. The second kappa shape index (κ2) is 6.41. The van der Waals surface area contributed by atoms with Crippen LogP contribution in [0.5, 0.6) is 5.88 Å². The van der Waals surface area contributed by atoms with Crippen molar-refractivity contribution in [3.63, 3.8) is 0 Å². The highest BCUT2D eigenvalue weighted by Gasteiger charge is 2.38. The number of rotatable bonds is 3. The van der Waals surface area contributed by atoms with E-state index in [1.165, 1.54) is 0 Å². The van der Waals surface area contributed by atoms with Crippen molar-refractivity contribution in [1.82, 2.24) is 10.2 Å². The van der Waals surface area contributed by atoms with Crippen LogP contribution < -0.4 is 10.5 Å². The molecule has 0 bridgehead atoms. The minimum Gasteiger partial charge on any atom is -0.420 e. The maximum atomic E-state index is 9.75. The van der Waals surface area contributed by atoms with Gasteiger partial charge in [0.15, 0.2) is 0 Å². The SMILES string of the molecule is C[C@H](c1ccccc1)[C@@H]1C(C#N)=C(N)Oc2n[nH]c(-c3ccccc3)c21. The number of H-pyrrole nitrogens is 1. The number of aromatic amines is 1. The van der Waals surface area contributed by atoms with Crippen LogP contribution in [0.3, 0.4) is 0 Å². The number of nitrogens with one attached hydrogen (secondary N) is 1. The molecule has 2 atom stereocenters. The lowest BCUT2D eigenvalue weighted by Gasteiger charge is -2.28.